The van der Waals surface area contributed by atoms with Gasteiger partial charge in [-0.25, -0.2) is 0 Å². The molecule has 0 bridgehead atoms. The topological polar surface area (TPSA) is 0 Å². The van der Waals surface area contributed by atoms with Crippen LogP contribution in [0, 0.1) is 5.92 Å². The van der Waals surface area contributed by atoms with E-state index in [0.717, 1.165) is 24.2 Å². The third kappa shape index (κ3) is 3.96. The van der Waals surface area contributed by atoms with Crippen molar-refractivity contribution >= 4 is 6.08 Å². The number of rotatable bonds is 4. The maximum Gasteiger partial charge on any atom is -0.00879 e. The van der Waals surface area contributed by atoms with Crippen LogP contribution in [-0.2, 0) is 6.42 Å². The zero-order valence-electron chi connectivity index (χ0n) is 18.1. The molecule has 0 saturated heterocycles. The summed E-state index contributed by atoms with van der Waals surface area (Å²) in [5.74, 6) is 2.52. The molecule has 3 aliphatic rings. The minimum Gasteiger partial charge on any atom is -0.0795 e. The molecule has 5 rings (SSSR count). The normalized spacial score (nSPS) is 24.6. The summed E-state index contributed by atoms with van der Waals surface area (Å²) >= 11 is 0. The van der Waals surface area contributed by atoms with Gasteiger partial charge in [0.1, 0.15) is 0 Å². The molecule has 0 amide bonds. The lowest BCUT2D eigenvalue weighted by Gasteiger charge is -2.30. The molecule has 2 fully saturated rings. The monoisotopic (exact) mass is 384 g/mol. The SMILES string of the molecule is CCC1CCC(c2cc(-c3cccc4c3C=CC4)cc(C3CCCCC3)c2)CC1. The smallest absolute Gasteiger partial charge is 0.00879 e. The summed E-state index contributed by atoms with van der Waals surface area (Å²) in [6, 6.07) is 14.7. The zero-order chi connectivity index (χ0) is 19.6. The molecule has 0 heteroatoms. The largest absolute Gasteiger partial charge is 0.0795 e. The van der Waals surface area contributed by atoms with Gasteiger partial charge in [-0.3, -0.25) is 0 Å². The maximum atomic E-state index is 2.62. The summed E-state index contributed by atoms with van der Waals surface area (Å²) < 4.78 is 0. The second-order valence-corrected chi connectivity index (χ2v) is 9.83. The second-order valence-electron chi connectivity index (χ2n) is 9.83. The molecule has 0 atom stereocenters. The average Bonchev–Trinajstić information content (AvgIpc) is 3.28. The predicted octanol–water partition coefficient (Wildman–Crippen LogP) is 8.65. The molecule has 3 aliphatic carbocycles. The Labute approximate surface area is 177 Å². The van der Waals surface area contributed by atoms with Crippen molar-refractivity contribution in [2.75, 3.05) is 0 Å². The third-order valence-corrected chi connectivity index (χ3v) is 8.08. The Bertz CT molecular complexity index is 873. The molecule has 152 valence electrons. The van der Waals surface area contributed by atoms with Gasteiger partial charge in [-0.2, -0.15) is 0 Å². The van der Waals surface area contributed by atoms with Gasteiger partial charge in [-0.05, 0) is 96.1 Å². The lowest BCUT2D eigenvalue weighted by Crippen LogP contribution is -2.13. The summed E-state index contributed by atoms with van der Waals surface area (Å²) in [6.45, 7) is 2.37. The highest BCUT2D eigenvalue weighted by Gasteiger charge is 2.24. The minimum atomic E-state index is 0.771. The van der Waals surface area contributed by atoms with E-state index in [-0.39, 0.29) is 0 Å². The van der Waals surface area contributed by atoms with E-state index in [2.05, 4.69) is 55.5 Å². The van der Waals surface area contributed by atoms with Crippen LogP contribution in [0.5, 0.6) is 0 Å². The molecule has 0 heterocycles. The highest BCUT2D eigenvalue weighted by atomic mass is 14.3. The van der Waals surface area contributed by atoms with Crippen molar-refractivity contribution in [3.05, 3.63) is 64.7 Å². The molecule has 0 aromatic heterocycles. The van der Waals surface area contributed by atoms with Gasteiger partial charge in [0.2, 0.25) is 0 Å². The van der Waals surface area contributed by atoms with Crippen LogP contribution < -0.4 is 0 Å². The number of benzene rings is 2. The molecule has 2 aromatic carbocycles. The number of fused-ring (bicyclic) bond motifs is 1. The van der Waals surface area contributed by atoms with Crippen molar-refractivity contribution in [2.45, 2.75) is 89.4 Å². The molecule has 0 spiro atoms. The van der Waals surface area contributed by atoms with Gasteiger partial charge in [0.05, 0.1) is 0 Å². The lowest BCUT2D eigenvalue weighted by molar-refractivity contribution is 0.318. The first kappa shape index (κ1) is 19.2. The molecular weight excluding hydrogens is 348 g/mol. The molecule has 0 radical (unpaired) electrons. The minimum absolute atomic E-state index is 0.771. The van der Waals surface area contributed by atoms with E-state index in [1.165, 1.54) is 86.5 Å². The van der Waals surface area contributed by atoms with Crippen LogP contribution in [0.3, 0.4) is 0 Å². The van der Waals surface area contributed by atoms with Crippen LogP contribution in [0.25, 0.3) is 17.2 Å². The molecule has 0 nitrogen and oxygen atoms in total. The first-order chi connectivity index (χ1) is 14.3. The van der Waals surface area contributed by atoms with Crippen molar-refractivity contribution in [1.29, 1.82) is 0 Å². The van der Waals surface area contributed by atoms with Gasteiger partial charge < -0.3 is 0 Å². The Hall–Kier alpha value is -1.82. The highest BCUT2D eigenvalue weighted by molar-refractivity contribution is 5.80. The fourth-order valence-electron chi connectivity index (χ4n) is 6.19. The summed E-state index contributed by atoms with van der Waals surface area (Å²) in [6.07, 6.45) is 19.8. The second kappa shape index (κ2) is 8.50. The highest BCUT2D eigenvalue weighted by Crippen LogP contribution is 2.42. The lowest BCUT2D eigenvalue weighted by atomic mass is 9.75. The van der Waals surface area contributed by atoms with E-state index in [1.807, 2.05) is 0 Å². The van der Waals surface area contributed by atoms with Crippen molar-refractivity contribution in [3.8, 4) is 11.1 Å². The van der Waals surface area contributed by atoms with Crippen molar-refractivity contribution in [3.63, 3.8) is 0 Å². The van der Waals surface area contributed by atoms with E-state index in [4.69, 9.17) is 0 Å². The van der Waals surface area contributed by atoms with Crippen molar-refractivity contribution in [1.82, 2.24) is 0 Å². The Morgan fingerprint density at radius 3 is 2.24 bits per heavy atom. The van der Waals surface area contributed by atoms with Crippen LogP contribution in [-0.4, -0.2) is 0 Å². The first-order valence-corrected chi connectivity index (χ1v) is 12.3. The number of hydrogen-bond acceptors (Lipinski definition) is 0. The fraction of sp³-hybridized carbons (Fsp3) is 0.517. The van der Waals surface area contributed by atoms with Crippen LogP contribution in [0.4, 0.5) is 0 Å². The fourth-order valence-corrected chi connectivity index (χ4v) is 6.19. The van der Waals surface area contributed by atoms with E-state index in [1.54, 1.807) is 11.1 Å². The molecule has 29 heavy (non-hydrogen) atoms. The zero-order valence-corrected chi connectivity index (χ0v) is 18.1. The summed E-state index contributed by atoms with van der Waals surface area (Å²) in [4.78, 5) is 0. The van der Waals surface area contributed by atoms with Crippen LogP contribution >= 0.6 is 0 Å². The van der Waals surface area contributed by atoms with Gasteiger partial charge in [-0.1, -0.05) is 81.2 Å². The van der Waals surface area contributed by atoms with E-state index in [0.29, 0.717) is 0 Å². The summed E-state index contributed by atoms with van der Waals surface area (Å²) in [5.41, 5.74) is 9.16. The number of hydrogen-bond donors (Lipinski definition) is 0. The van der Waals surface area contributed by atoms with Gasteiger partial charge in [-0.15, -0.1) is 0 Å². The van der Waals surface area contributed by atoms with Crippen molar-refractivity contribution < 1.29 is 0 Å². The van der Waals surface area contributed by atoms with Crippen molar-refractivity contribution in [2.24, 2.45) is 5.92 Å². The molecule has 0 unspecified atom stereocenters. The van der Waals surface area contributed by atoms with E-state index < -0.39 is 0 Å². The van der Waals surface area contributed by atoms with Gasteiger partial charge in [0.15, 0.2) is 0 Å². The standard InChI is InChI=1S/C29H36/c1-2-21-14-16-23(17-15-21)26-18-25(22-8-4-3-5-9-22)19-27(20-26)29-13-7-11-24-10-6-12-28(24)29/h6-7,11-13,18-23H,2-5,8-10,14-17H2,1H3. The van der Waals surface area contributed by atoms with Gasteiger partial charge >= 0.3 is 0 Å². The quantitative estimate of drug-likeness (QED) is 0.494. The molecule has 0 N–H and O–H groups in total. The van der Waals surface area contributed by atoms with Gasteiger partial charge in [0, 0.05) is 0 Å². The van der Waals surface area contributed by atoms with E-state index in [9.17, 15) is 0 Å². The molecule has 2 saturated carbocycles. The van der Waals surface area contributed by atoms with Crippen LogP contribution in [0.1, 0.15) is 105 Å². The molecular formula is C29H36. The Kier molecular flexibility index (Phi) is 5.62. The summed E-state index contributed by atoms with van der Waals surface area (Å²) in [5, 5.41) is 0. The first-order valence-electron chi connectivity index (χ1n) is 12.3. The molecule has 0 aliphatic heterocycles. The van der Waals surface area contributed by atoms with Gasteiger partial charge in [0.25, 0.3) is 0 Å². The Morgan fingerprint density at radius 2 is 1.52 bits per heavy atom. The van der Waals surface area contributed by atoms with Crippen LogP contribution in [0.15, 0.2) is 42.5 Å². The summed E-state index contributed by atoms with van der Waals surface area (Å²) in [7, 11) is 0. The van der Waals surface area contributed by atoms with Crippen LogP contribution in [0.2, 0.25) is 0 Å². The molecule has 2 aromatic rings. The third-order valence-electron chi connectivity index (χ3n) is 8.08. The Morgan fingerprint density at radius 1 is 0.793 bits per heavy atom. The maximum absolute atomic E-state index is 2.62. The number of allylic oxidation sites excluding steroid dienone is 1. The Balaban J connectivity index is 1.54. The predicted molar refractivity (Wildman–Crippen MR) is 125 cm³/mol. The van der Waals surface area contributed by atoms with E-state index >= 15 is 0 Å². The average molecular weight is 385 g/mol.